The van der Waals surface area contributed by atoms with E-state index in [4.69, 9.17) is 0 Å². The molecule has 0 amide bonds. The molecule has 0 aromatic carbocycles. The van der Waals surface area contributed by atoms with Gasteiger partial charge in [0.25, 0.3) is 0 Å². The Morgan fingerprint density at radius 2 is 2.00 bits per heavy atom. The molecule has 0 atom stereocenters. The van der Waals surface area contributed by atoms with E-state index < -0.39 is 18.9 Å². The van der Waals surface area contributed by atoms with Crippen LogP contribution in [0.1, 0.15) is 25.7 Å². The van der Waals surface area contributed by atoms with Crippen LogP contribution >= 0.6 is 0 Å². The molecule has 0 spiro atoms. The highest BCUT2D eigenvalue weighted by atomic mass is 19.3. The molecule has 0 aromatic rings. The molecule has 0 aromatic heterocycles. The van der Waals surface area contributed by atoms with Crippen molar-refractivity contribution in [2.24, 2.45) is 4.99 Å². The fourth-order valence-electron chi connectivity index (χ4n) is 1.32. The fourth-order valence-corrected chi connectivity index (χ4v) is 1.32. The van der Waals surface area contributed by atoms with Gasteiger partial charge in [-0.3, -0.25) is 4.99 Å². The van der Waals surface area contributed by atoms with E-state index in [1.165, 1.54) is 0 Å². The molecule has 0 saturated heterocycles. The van der Waals surface area contributed by atoms with Gasteiger partial charge in [0.1, 0.15) is 0 Å². The number of hydrogen-bond donors (Lipinski definition) is 1. The van der Waals surface area contributed by atoms with Gasteiger partial charge in [0.15, 0.2) is 0 Å². The third kappa shape index (κ3) is 4.05. The molecule has 1 N–H and O–H groups in total. The third-order valence-corrected chi connectivity index (χ3v) is 2.22. The summed E-state index contributed by atoms with van der Waals surface area (Å²) in [4.78, 5) is 4.01. The second kappa shape index (κ2) is 5.32. The fraction of sp³-hybridized carbons (Fsp3) is 0.889. The molecule has 6 heteroatoms. The van der Waals surface area contributed by atoms with E-state index in [2.05, 4.69) is 10.3 Å². The molecule has 2 nitrogen and oxygen atoms in total. The Morgan fingerprint density at radius 1 is 1.27 bits per heavy atom. The van der Waals surface area contributed by atoms with Gasteiger partial charge < -0.3 is 5.32 Å². The lowest BCUT2D eigenvalue weighted by molar-refractivity contribution is -0.122. The summed E-state index contributed by atoms with van der Waals surface area (Å²) in [6.45, 7) is -0.452. The quantitative estimate of drug-likeness (QED) is 0.734. The molecule has 0 radical (unpaired) electrons. The summed E-state index contributed by atoms with van der Waals surface area (Å²) in [6.07, 6.45) is -0.266. The van der Waals surface area contributed by atoms with E-state index in [9.17, 15) is 17.6 Å². The van der Waals surface area contributed by atoms with Crippen LogP contribution in [0.2, 0.25) is 0 Å². The molecule has 1 aliphatic rings. The second-order valence-electron chi connectivity index (χ2n) is 3.55. The summed E-state index contributed by atoms with van der Waals surface area (Å²) in [6, 6.07) is 0. The van der Waals surface area contributed by atoms with Crippen molar-refractivity contribution < 1.29 is 17.6 Å². The maximum atomic E-state index is 12.5. The lowest BCUT2D eigenvalue weighted by atomic mass is 10.2. The number of nitrogens with one attached hydrogen (secondary N) is 1. The zero-order valence-corrected chi connectivity index (χ0v) is 8.28. The Labute approximate surface area is 85.8 Å². The molecule has 1 rings (SSSR count). The number of amidine groups is 1. The smallest absolute Gasteiger partial charge is 0.324 e. The van der Waals surface area contributed by atoms with E-state index in [0.717, 1.165) is 19.3 Å². The summed E-state index contributed by atoms with van der Waals surface area (Å²) >= 11 is 0. The van der Waals surface area contributed by atoms with Crippen LogP contribution in [0.3, 0.4) is 0 Å². The van der Waals surface area contributed by atoms with Gasteiger partial charge in [-0.1, -0.05) is 6.42 Å². The van der Waals surface area contributed by atoms with E-state index >= 15 is 0 Å². The van der Waals surface area contributed by atoms with Crippen LogP contribution in [0.15, 0.2) is 4.99 Å². The van der Waals surface area contributed by atoms with Crippen molar-refractivity contribution >= 4 is 5.84 Å². The van der Waals surface area contributed by atoms with Crippen LogP contribution in [0.5, 0.6) is 0 Å². The van der Waals surface area contributed by atoms with Gasteiger partial charge in [0.05, 0.1) is 12.4 Å². The van der Waals surface area contributed by atoms with Crippen LogP contribution < -0.4 is 5.32 Å². The zero-order valence-electron chi connectivity index (χ0n) is 8.28. The summed E-state index contributed by atoms with van der Waals surface area (Å²) in [7, 11) is 0. The van der Waals surface area contributed by atoms with E-state index in [1.54, 1.807) is 0 Å². The van der Waals surface area contributed by atoms with Gasteiger partial charge >= 0.3 is 12.3 Å². The molecule has 0 bridgehead atoms. The molecule has 0 aliphatic carbocycles. The van der Waals surface area contributed by atoms with Gasteiger partial charge in [0.2, 0.25) is 0 Å². The standard InChI is InChI=1S/C9H14F4N2/c10-8(11)9(12,13)6-15-7-4-2-1-3-5-14-7/h8H,1-6H2,(H,14,15). The summed E-state index contributed by atoms with van der Waals surface area (Å²) in [5.74, 6) is -3.55. The number of nitrogens with zero attached hydrogens (tertiary/aromatic N) is 1. The number of hydrogen-bond acceptors (Lipinski definition) is 2. The van der Waals surface area contributed by atoms with E-state index in [0.29, 0.717) is 18.8 Å². The predicted molar refractivity (Wildman–Crippen MR) is 49.7 cm³/mol. The lowest BCUT2D eigenvalue weighted by Gasteiger charge is -2.17. The highest BCUT2D eigenvalue weighted by Crippen LogP contribution is 2.21. The second-order valence-corrected chi connectivity index (χ2v) is 3.55. The van der Waals surface area contributed by atoms with Crippen molar-refractivity contribution in [2.75, 3.05) is 13.1 Å². The van der Waals surface area contributed by atoms with Crippen molar-refractivity contribution in [3.63, 3.8) is 0 Å². The summed E-state index contributed by atoms with van der Waals surface area (Å²) in [5, 5.41) is 2.30. The molecule has 0 fully saturated rings. The Kier molecular flexibility index (Phi) is 4.35. The molecule has 0 unspecified atom stereocenters. The largest absolute Gasteiger partial charge is 0.368 e. The van der Waals surface area contributed by atoms with Crippen molar-refractivity contribution in [3.05, 3.63) is 0 Å². The first-order valence-corrected chi connectivity index (χ1v) is 4.95. The Bertz CT molecular complexity index is 228. The zero-order chi connectivity index (χ0) is 11.3. The van der Waals surface area contributed by atoms with Crippen LogP contribution in [0.4, 0.5) is 17.6 Å². The maximum Gasteiger partial charge on any atom is 0.324 e. The normalized spacial score (nSPS) is 18.6. The lowest BCUT2D eigenvalue weighted by Crippen LogP contribution is -2.41. The van der Waals surface area contributed by atoms with Gasteiger partial charge in [0, 0.05) is 13.0 Å². The SMILES string of the molecule is FC(F)C(F)(F)CNC1=NCCCCC1. The van der Waals surface area contributed by atoms with Crippen molar-refractivity contribution in [3.8, 4) is 0 Å². The molecule has 88 valence electrons. The van der Waals surface area contributed by atoms with Gasteiger partial charge in [-0.05, 0) is 12.8 Å². The minimum Gasteiger partial charge on any atom is -0.368 e. The number of aliphatic imine (C=N–C) groups is 1. The van der Waals surface area contributed by atoms with Crippen molar-refractivity contribution in [1.29, 1.82) is 0 Å². The average molecular weight is 226 g/mol. The molecule has 15 heavy (non-hydrogen) atoms. The molecule has 1 heterocycles. The van der Waals surface area contributed by atoms with Crippen molar-refractivity contribution in [1.82, 2.24) is 5.32 Å². The molecule has 0 saturated carbocycles. The summed E-state index contributed by atoms with van der Waals surface area (Å²) in [5.41, 5.74) is 0. The highest BCUT2D eigenvalue weighted by molar-refractivity contribution is 5.82. The van der Waals surface area contributed by atoms with Crippen LogP contribution in [-0.2, 0) is 0 Å². The first-order valence-electron chi connectivity index (χ1n) is 4.95. The van der Waals surface area contributed by atoms with Crippen LogP contribution in [0.25, 0.3) is 0 Å². The topological polar surface area (TPSA) is 24.4 Å². The van der Waals surface area contributed by atoms with Gasteiger partial charge in [-0.2, -0.15) is 8.78 Å². The molecule has 1 aliphatic heterocycles. The molecular weight excluding hydrogens is 212 g/mol. The van der Waals surface area contributed by atoms with Gasteiger partial charge in [-0.25, -0.2) is 8.78 Å². The monoisotopic (exact) mass is 226 g/mol. The predicted octanol–water partition coefficient (Wildman–Crippen LogP) is 2.45. The van der Waals surface area contributed by atoms with E-state index in [1.807, 2.05) is 0 Å². The van der Waals surface area contributed by atoms with E-state index in [-0.39, 0.29) is 0 Å². The first kappa shape index (κ1) is 12.3. The maximum absolute atomic E-state index is 12.5. The minimum atomic E-state index is -3.98. The first-order chi connectivity index (χ1) is 7.02. The Hall–Kier alpha value is -0.810. The Balaban J connectivity index is 2.38. The van der Waals surface area contributed by atoms with Crippen LogP contribution in [-0.4, -0.2) is 31.3 Å². The van der Waals surface area contributed by atoms with Gasteiger partial charge in [-0.15, -0.1) is 0 Å². The summed E-state index contributed by atoms with van der Waals surface area (Å²) < 4.78 is 48.7. The number of rotatable bonds is 3. The third-order valence-electron chi connectivity index (χ3n) is 2.22. The van der Waals surface area contributed by atoms with Crippen molar-refractivity contribution in [2.45, 2.75) is 38.0 Å². The number of alkyl halides is 4. The Morgan fingerprint density at radius 3 is 2.67 bits per heavy atom. The highest BCUT2D eigenvalue weighted by Gasteiger charge is 2.40. The average Bonchev–Trinajstić information content (AvgIpc) is 2.42. The molecular formula is C9H14F4N2. The van der Waals surface area contributed by atoms with Crippen LogP contribution in [0, 0.1) is 0 Å². The minimum absolute atomic E-state index is 0.424. The number of halogens is 4.